The number of carbonyl (C=O) groups excluding carboxylic acids is 1. The maximum Gasteiger partial charge on any atom is 0.363 e. The van der Waals surface area contributed by atoms with Crippen LogP contribution in [-0.4, -0.2) is 21.1 Å². The molecule has 0 saturated heterocycles. The minimum absolute atomic E-state index is 0.0391. The highest BCUT2D eigenvalue weighted by Crippen LogP contribution is 1.84. The number of primary amides is 1. The van der Waals surface area contributed by atoms with Crippen molar-refractivity contribution in [1.82, 2.24) is 4.72 Å². The second-order valence-electron chi connectivity index (χ2n) is 1.33. The molecule has 0 aliphatic rings. The van der Waals surface area contributed by atoms with Crippen LogP contribution in [0, 0.1) is 0 Å². The normalized spacial score (nSPS) is 10.9. The van der Waals surface area contributed by atoms with Gasteiger partial charge in [0.25, 0.3) is 0 Å². The third-order valence-corrected chi connectivity index (χ3v) is 1.50. The lowest BCUT2D eigenvalue weighted by atomic mass is 10.9. The summed E-state index contributed by atoms with van der Waals surface area (Å²) < 4.78 is 26.3. The van der Waals surface area contributed by atoms with Gasteiger partial charge in [0.05, 0.1) is 6.61 Å². The van der Waals surface area contributed by atoms with E-state index >= 15 is 0 Å². The van der Waals surface area contributed by atoms with Crippen LogP contribution in [0.4, 0.5) is 4.79 Å². The molecule has 6 nitrogen and oxygen atoms in total. The molecule has 0 aliphatic heterocycles. The zero-order valence-electron chi connectivity index (χ0n) is 5.33. The first-order chi connectivity index (χ1) is 4.48. The fraction of sp³-hybridized carbons (Fsp3) is 0.667. The fourth-order valence-electron chi connectivity index (χ4n) is 0.308. The first kappa shape index (κ1) is 9.18. The van der Waals surface area contributed by atoms with Crippen LogP contribution < -0.4 is 10.5 Å². The molecule has 0 radical (unpaired) electrons. The molecule has 0 aromatic carbocycles. The van der Waals surface area contributed by atoms with Crippen LogP contribution in [0.1, 0.15) is 6.92 Å². The largest absolute Gasteiger partial charge is 0.363 e. The van der Waals surface area contributed by atoms with Crippen LogP contribution in [0.2, 0.25) is 0 Å². The number of carbonyl (C=O) groups is 1. The standard InChI is InChI=1S/C3H8N2O4S/c1-2-9-10(7,8)5-3(4)6/h2H2,1H3,(H3,4,5,6). The quantitative estimate of drug-likeness (QED) is 0.560. The van der Waals surface area contributed by atoms with Crippen molar-refractivity contribution in [3.8, 4) is 0 Å². The van der Waals surface area contributed by atoms with E-state index in [1.54, 1.807) is 0 Å². The van der Waals surface area contributed by atoms with Gasteiger partial charge in [-0.05, 0) is 6.92 Å². The topological polar surface area (TPSA) is 98.5 Å². The van der Waals surface area contributed by atoms with Gasteiger partial charge in [-0.3, -0.25) is 4.18 Å². The van der Waals surface area contributed by atoms with Crippen LogP contribution in [0.25, 0.3) is 0 Å². The smallest absolute Gasteiger partial charge is 0.351 e. The number of urea groups is 1. The van der Waals surface area contributed by atoms with Gasteiger partial charge in [-0.2, -0.15) is 8.42 Å². The Hall–Kier alpha value is -0.820. The number of hydrogen-bond acceptors (Lipinski definition) is 4. The van der Waals surface area contributed by atoms with Gasteiger partial charge < -0.3 is 5.73 Å². The Labute approximate surface area is 58.6 Å². The van der Waals surface area contributed by atoms with Crippen LogP contribution >= 0.6 is 0 Å². The molecule has 7 heteroatoms. The monoisotopic (exact) mass is 168 g/mol. The summed E-state index contributed by atoms with van der Waals surface area (Å²) in [5, 5.41) is 0. The molecule has 0 rings (SSSR count). The van der Waals surface area contributed by atoms with Crippen molar-refractivity contribution in [2.75, 3.05) is 6.61 Å². The summed E-state index contributed by atoms with van der Waals surface area (Å²) in [5.41, 5.74) is 4.50. The molecule has 0 unspecified atom stereocenters. The zero-order valence-corrected chi connectivity index (χ0v) is 6.14. The second kappa shape index (κ2) is 3.37. The second-order valence-corrected chi connectivity index (χ2v) is 2.68. The van der Waals surface area contributed by atoms with E-state index < -0.39 is 16.3 Å². The van der Waals surface area contributed by atoms with Crippen LogP contribution in [0.3, 0.4) is 0 Å². The molecule has 0 aromatic rings. The van der Waals surface area contributed by atoms with Gasteiger partial charge in [-0.15, -0.1) is 0 Å². The lowest BCUT2D eigenvalue weighted by molar-refractivity contribution is 0.251. The summed E-state index contributed by atoms with van der Waals surface area (Å²) in [7, 11) is -3.96. The minimum Gasteiger partial charge on any atom is -0.351 e. The minimum atomic E-state index is -3.96. The molecule has 60 valence electrons. The molecule has 0 saturated carbocycles. The van der Waals surface area contributed by atoms with Crippen LogP contribution in [-0.2, 0) is 14.5 Å². The zero-order chi connectivity index (χ0) is 8.20. The van der Waals surface area contributed by atoms with E-state index in [9.17, 15) is 13.2 Å². The Morgan fingerprint density at radius 2 is 2.20 bits per heavy atom. The molecule has 0 aliphatic carbocycles. The summed E-state index contributed by atoms with van der Waals surface area (Å²) in [6.45, 7) is 1.43. The molecule has 3 N–H and O–H groups in total. The van der Waals surface area contributed by atoms with Gasteiger partial charge in [0.15, 0.2) is 0 Å². The fourth-order valence-corrected chi connectivity index (χ4v) is 0.923. The van der Waals surface area contributed by atoms with Gasteiger partial charge in [-0.1, -0.05) is 0 Å². The van der Waals surface area contributed by atoms with Crippen molar-refractivity contribution in [3.05, 3.63) is 0 Å². The van der Waals surface area contributed by atoms with Gasteiger partial charge in [-0.25, -0.2) is 9.52 Å². The summed E-state index contributed by atoms with van der Waals surface area (Å²) in [4.78, 5) is 9.94. The predicted octanol–water partition coefficient (Wildman–Crippen LogP) is -1.06. The first-order valence-electron chi connectivity index (χ1n) is 2.44. The lowest BCUT2D eigenvalue weighted by Gasteiger charge is -2.00. The maximum absolute atomic E-state index is 10.4. The van der Waals surface area contributed by atoms with Crippen molar-refractivity contribution in [2.24, 2.45) is 5.73 Å². The average molecular weight is 168 g/mol. The molecule has 2 amide bonds. The summed E-state index contributed by atoms with van der Waals surface area (Å²) in [6, 6.07) is -1.16. The van der Waals surface area contributed by atoms with Crippen LogP contribution in [0.5, 0.6) is 0 Å². The number of amides is 2. The van der Waals surface area contributed by atoms with Gasteiger partial charge in [0.2, 0.25) is 0 Å². The molecule has 0 bridgehead atoms. The van der Waals surface area contributed by atoms with E-state index in [1.807, 2.05) is 0 Å². The van der Waals surface area contributed by atoms with E-state index in [1.165, 1.54) is 11.6 Å². The third-order valence-electron chi connectivity index (χ3n) is 0.499. The lowest BCUT2D eigenvalue weighted by Crippen LogP contribution is -2.36. The molecular weight excluding hydrogens is 160 g/mol. The van der Waals surface area contributed by atoms with Gasteiger partial charge in [0.1, 0.15) is 0 Å². The third kappa shape index (κ3) is 4.10. The average Bonchev–Trinajstić information content (AvgIpc) is 1.59. The van der Waals surface area contributed by atoms with E-state index in [-0.39, 0.29) is 6.61 Å². The highest BCUT2D eigenvalue weighted by Gasteiger charge is 2.10. The SMILES string of the molecule is CCOS(=O)(=O)NC(N)=O. The molecular formula is C3H8N2O4S. The van der Waals surface area contributed by atoms with Crippen molar-refractivity contribution in [2.45, 2.75) is 6.92 Å². The Morgan fingerprint density at radius 1 is 1.70 bits per heavy atom. The molecule has 0 fully saturated rings. The van der Waals surface area contributed by atoms with Gasteiger partial charge in [0, 0.05) is 0 Å². The van der Waals surface area contributed by atoms with Crippen molar-refractivity contribution in [1.29, 1.82) is 0 Å². The molecule has 0 heterocycles. The summed E-state index contributed by atoms with van der Waals surface area (Å²) in [5.74, 6) is 0. The molecule has 0 spiro atoms. The highest BCUT2D eigenvalue weighted by atomic mass is 32.2. The van der Waals surface area contributed by atoms with Crippen molar-refractivity contribution < 1.29 is 17.4 Å². The highest BCUT2D eigenvalue weighted by molar-refractivity contribution is 7.85. The number of rotatable bonds is 3. The number of hydrogen-bond donors (Lipinski definition) is 2. The number of nitrogens with one attached hydrogen (secondary N) is 1. The Morgan fingerprint density at radius 3 is 2.50 bits per heavy atom. The molecule has 0 atom stereocenters. The van der Waals surface area contributed by atoms with Gasteiger partial charge >= 0.3 is 16.3 Å². The van der Waals surface area contributed by atoms with E-state index in [0.29, 0.717) is 0 Å². The predicted molar refractivity (Wildman–Crippen MR) is 33.3 cm³/mol. The van der Waals surface area contributed by atoms with E-state index in [2.05, 4.69) is 9.92 Å². The van der Waals surface area contributed by atoms with Crippen LogP contribution in [0.15, 0.2) is 0 Å². The summed E-state index contributed by atoms with van der Waals surface area (Å²) >= 11 is 0. The number of nitrogens with two attached hydrogens (primary N) is 1. The first-order valence-corrected chi connectivity index (χ1v) is 3.85. The Bertz CT molecular complexity index is 209. The van der Waals surface area contributed by atoms with E-state index in [0.717, 1.165) is 0 Å². The maximum atomic E-state index is 10.4. The molecule has 0 aromatic heterocycles. The Kier molecular flexibility index (Phi) is 3.10. The Balaban J connectivity index is 4.02. The summed E-state index contributed by atoms with van der Waals surface area (Å²) in [6.07, 6.45) is 0. The van der Waals surface area contributed by atoms with Crippen molar-refractivity contribution in [3.63, 3.8) is 0 Å². The van der Waals surface area contributed by atoms with Crippen molar-refractivity contribution >= 4 is 16.3 Å². The van der Waals surface area contributed by atoms with E-state index in [4.69, 9.17) is 0 Å². The molecule has 10 heavy (non-hydrogen) atoms.